The maximum atomic E-state index is 12.1. The number of hydrogen-bond acceptors (Lipinski definition) is 5. The van der Waals surface area contributed by atoms with Crippen molar-refractivity contribution in [3.05, 3.63) is 23.8 Å². The van der Waals surface area contributed by atoms with Crippen molar-refractivity contribution in [2.24, 2.45) is 0 Å². The number of methoxy groups -OCH3 is 1. The molecular formula is C19H28N2O4. The smallest absolute Gasteiger partial charge is 0.220 e. The van der Waals surface area contributed by atoms with Crippen LogP contribution < -0.4 is 20.1 Å². The summed E-state index contributed by atoms with van der Waals surface area (Å²) in [5.41, 5.74) is 0.582. The van der Waals surface area contributed by atoms with Gasteiger partial charge in [0, 0.05) is 24.1 Å². The highest BCUT2D eigenvalue weighted by molar-refractivity contribution is 5.94. The molecule has 25 heavy (non-hydrogen) atoms. The molecule has 0 aliphatic carbocycles. The first-order valence-corrected chi connectivity index (χ1v) is 8.85. The molecule has 2 unspecified atom stereocenters. The van der Waals surface area contributed by atoms with E-state index in [-0.39, 0.29) is 17.7 Å². The molecule has 1 amide bonds. The molecule has 1 aromatic rings. The summed E-state index contributed by atoms with van der Waals surface area (Å²) >= 11 is 0. The zero-order chi connectivity index (χ0) is 18.2. The average Bonchev–Trinajstić information content (AvgIpc) is 2.60. The lowest BCUT2D eigenvalue weighted by atomic mass is 10.00. The molecule has 1 fully saturated rings. The lowest BCUT2D eigenvalue weighted by Gasteiger charge is -2.30. The topological polar surface area (TPSA) is 76.7 Å². The molecule has 2 atom stereocenters. The van der Waals surface area contributed by atoms with Crippen LogP contribution in [-0.2, 0) is 4.79 Å². The van der Waals surface area contributed by atoms with Crippen LogP contribution in [0.15, 0.2) is 18.2 Å². The molecular weight excluding hydrogens is 320 g/mol. The lowest BCUT2D eigenvalue weighted by molar-refractivity contribution is -0.122. The number of ketones is 1. The van der Waals surface area contributed by atoms with Gasteiger partial charge in [-0.25, -0.2) is 0 Å². The van der Waals surface area contributed by atoms with E-state index in [1.165, 1.54) is 6.92 Å². The van der Waals surface area contributed by atoms with Crippen LogP contribution in [0.5, 0.6) is 11.5 Å². The number of rotatable bonds is 8. The quantitative estimate of drug-likeness (QED) is 0.557. The normalized spacial score (nSPS) is 20.0. The molecule has 2 N–H and O–H groups in total. The molecule has 1 aromatic carbocycles. The number of Topliss-reactive ketones (excluding diaryl/α,β-unsaturated/α-hetero) is 1. The van der Waals surface area contributed by atoms with Crippen LogP contribution in [0.2, 0.25) is 0 Å². The molecule has 6 nitrogen and oxygen atoms in total. The van der Waals surface area contributed by atoms with E-state index < -0.39 is 0 Å². The van der Waals surface area contributed by atoms with E-state index in [1.54, 1.807) is 25.3 Å². The van der Waals surface area contributed by atoms with Crippen molar-refractivity contribution in [3.63, 3.8) is 0 Å². The minimum atomic E-state index is -0.0204. The second kappa shape index (κ2) is 9.42. The van der Waals surface area contributed by atoms with E-state index in [9.17, 15) is 9.59 Å². The fourth-order valence-electron chi connectivity index (χ4n) is 2.94. The number of carbonyl (C=O) groups is 2. The first kappa shape index (κ1) is 19.2. The Hall–Kier alpha value is -2.08. The predicted molar refractivity (Wildman–Crippen MR) is 96.4 cm³/mol. The molecule has 138 valence electrons. The third-order valence-electron chi connectivity index (χ3n) is 4.48. The zero-order valence-corrected chi connectivity index (χ0v) is 15.3. The van der Waals surface area contributed by atoms with Gasteiger partial charge in [-0.05, 0) is 57.9 Å². The van der Waals surface area contributed by atoms with Gasteiger partial charge in [0.25, 0.3) is 0 Å². The van der Waals surface area contributed by atoms with Crippen molar-refractivity contribution < 1.29 is 19.1 Å². The highest BCUT2D eigenvalue weighted by Gasteiger charge is 2.22. The summed E-state index contributed by atoms with van der Waals surface area (Å²) in [7, 11) is 1.54. The maximum absolute atomic E-state index is 12.1. The molecule has 0 saturated carbocycles. The Bertz CT molecular complexity index is 603. The van der Waals surface area contributed by atoms with Crippen LogP contribution in [-0.4, -0.2) is 44.0 Å². The molecule has 0 radical (unpaired) electrons. The largest absolute Gasteiger partial charge is 0.493 e. The maximum Gasteiger partial charge on any atom is 0.220 e. The summed E-state index contributed by atoms with van der Waals surface area (Å²) in [5.74, 6) is 1.15. The fraction of sp³-hybridized carbons (Fsp3) is 0.579. The van der Waals surface area contributed by atoms with E-state index in [1.807, 2.05) is 0 Å². The molecule has 1 saturated heterocycles. The number of nitrogens with one attached hydrogen (secondary N) is 2. The summed E-state index contributed by atoms with van der Waals surface area (Å²) in [6, 6.07) is 5.64. The number of ether oxygens (including phenoxy) is 2. The minimum absolute atomic E-state index is 0.0204. The summed E-state index contributed by atoms with van der Waals surface area (Å²) in [6.07, 6.45) is 3.17. The molecule has 1 heterocycles. The SMILES string of the molecule is COc1cc(C(C)=O)ccc1OCCCC(=O)NC1CCCNC1C. The van der Waals surface area contributed by atoms with Crippen LogP contribution >= 0.6 is 0 Å². The van der Waals surface area contributed by atoms with Gasteiger partial charge in [-0.3, -0.25) is 9.59 Å². The second-order valence-corrected chi connectivity index (χ2v) is 6.43. The Balaban J connectivity index is 1.75. The molecule has 1 aliphatic rings. The number of carbonyl (C=O) groups excluding carboxylic acids is 2. The molecule has 0 spiro atoms. The van der Waals surface area contributed by atoms with Gasteiger partial charge in [-0.2, -0.15) is 0 Å². The van der Waals surface area contributed by atoms with Crippen LogP contribution in [0.4, 0.5) is 0 Å². The molecule has 6 heteroatoms. The van der Waals surface area contributed by atoms with Gasteiger partial charge in [-0.15, -0.1) is 0 Å². The van der Waals surface area contributed by atoms with Crippen LogP contribution in [0.3, 0.4) is 0 Å². The number of hydrogen-bond donors (Lipinski definition) is 2. The van der Waals surface area contributed by atoms with E-state index >= 15 is 0 Å². The highest BCUT2D eigenvalue weighted by Crippen LogP contribution is 2.28. The van der Waals surface area contributed by atoms with Gasteiger partial charge in [0.1, 0.15) is 0 Å². The summed E-state index contributed by atoms with van der Waals surface area (Å²) in [4.78, 5) is 23.5. The Morgan fingerprint density at radius 2 is 2.12 bits per heavy atom. The Morgan fingerprint density at radius 1 is 1.32 bits per heavy atom. The van der Waals surface area contributed by atoms with Gasteiger partial charge in [0.2, 0.25) is 5.91 Å². The highest BCUT2D eigenvalue weighted by atomic mass is 16.5. The van der Waals surface area contributed by atoms with Crippen molar-refractivity contribution in [2.75, 3.05) is 20.3 Å². The Labute approximate surface area is 149 Å². The monoisotopic (exact) mass is 348 g/mol. The summed E-state index contributed by atoms with van der Waals surface area (Å²) < 4.78 is 11.0. The van der Waals surface area contributed by atoms with E-state index in [0.29, 0.717) is 42.6 Å². The van der Waals surface area contributed by atoms with E-state index in [0.717, 1.165) is 19.4 Å². The third kappa shape index (κ3) is 5.74. The van der Waals surface area contributed by atoms with Crippen LogP contribution in [0.25, 0.3) is 0 Å². The van der Waals surface area contributed by atoms with E-state index in [4.69, 9.17) is 9.47 Å². The third-order valence-corrected chi connectivity index (χ3v) is 4.48. The van der Waals surface area contributed by atoms with Gasteiger partial charge in [0.05, 0.1) is 13.7 Å². The van der Waals surface area contributed by atoms with Crippen molar-refractivity contribution in [1.82, 2.24) is 10.6 Å². The first-order valence-electron chi connectivity index (χ1n) is 8.85. The van der Waals surface area contributed by atoms with Crippen molar-refractivity contribution in [3.8, 4) is 11.5 Å². The van der Waals surface area contributed by atoms with Crippen molar-refractivity contribution >= 4 is 11.7 Å². The Morgan fingerprint density at radius 3 is 2.80 bits per heavy atom. The van der Waals surface area contributed by atoms with Crippen LogP contribution in [0, 0.1) is 0 Å². The van der Waals surface area contributed by atoms with Gasteiger partial charge in [-0.1, -0.05) is 0 Å². The number of amides is 1. The summed E-state index contributed by atoms with van der Waals surface area (Å²) in [6.45, 7) is 5.05. The predicted octanol–water partition coefficient (Wildman–Crippen LogP) is 2.31. The summed E-state index contributed by atoms with van der Waals surface area (Å²) in [5, 5.41) is 6.46. The zero-order valence-electron chi connectivity index (χ0n) is 15.3. The Kier molecular flexibility index (Phi) is 7.25. The van der Waals surface area contributed by atoms with Gasteiger partial charge < -0.3 is 20.1 Å². The second-order valence-electron chi connectivity index (χ2n) is 6.43. The average molecular weight is 348 g/mol. The standard InChI is InChI=1S/C19H28N2O4/c1-13-16(6-4-10-20-13)21-19(23)7-5-11-25-17-9-8-15(14(2)22)12-18(17)24-3/h8-9,12-13,16,20H,4-7,10-11H2,1-3H3,(H,21,23). The molecule has 0 aromatic heterocycles. The number of benzene rings is 1. The van der Waals surface area contributed by atoms with Gasteiger partial charge >= 0.3 is 0 Å². The van der Waals surface area contributed by atoms with Crippen molar-refractivity contribution in [2.45, 2.75) is 51.6 Å². The molecule has 2 rings (SSSR count). The first-order chi connectivity index (χ1) is 12.0. The van der Waals surface area contributed by atoms with Crippen molar-refractivity contribution in [1.29, 1.82) is 0 Å². The molecule has 0 bridgehead atoms. The lowest BCUT2D eigenvalue weighted by Crippen LogP contribution is -2.51. The fourth-order valence-corrected chi connectivity index (χ4v) is 2.94. The van der Waals surface area contributed by atoms with Crippen LogP contribution in [0.1, 0.15) is 49.9 Å². The minimum Gasteiger partial charge on any atom is -0.493 e. The molecule has 1 aliphatic heterocycles. The number of piperidine rings is 1. The van der Waals surface area contributed by atoms with Gasteiger partial charge in [0.15, 0.2) is 17.3 Å². The van der Waals surface area contributed by atoms with E-state index in [2.05, 4.69) is 17.6 Å².